The molecule has 0 saturated carbocycles. The first-order valence-corrected chi connectivity index (χ1v) is 5.50. The Morgan fingerprint density at radius 1 is 1.22 bits per heavy atom. The van der Waals surface area contributed by atoms with Crippen LogP contribution in [0.4, 0.5) is 13.2 Å². The molecule has 0 aromatic heterocycles. The molecular formula is C13H17F3O2. The van der Waals surface area contributed by atoms with Crippen molar-refractivity contribution >= 4 is 0 Å². The van der Waals surface area contributed by atoms with Crippen molar-refractivity contribution in [2.45, 2.75) is 38.7 Å². The van der Waals surface area contributed by atoms with E-state index in [0.717, 1.165) is 12.1 Å². The van der Waals surface area contributed by atoms with Crippen LogP contribution in [-0.4, -0.2) is 17.8 Å². The summed E-state index contributed by atoms with van der Waals surface area (Å²) >= 11 is 0. The maximum Gasteiger partial charge on any atom is 0.416 e. The number of hydrogen-bond donors (Lipinski definition) is 1. The second kappa shape index (κ2) is 4.90. The van der Waals surface area contributed by atoms with Crippen LogP contribution in [0.3, 0.4) is 0 Å². The molecule has 0 saturated heterocycles. The zero-order chi connectivity index (χ0) is 14.1. The van der Waals surface area contributed by atoms with Gasteiger partial charge in [0.2, 0.25) is 0 Å². The van der Waals surface area contributed by atoms with E-state index in [0.29, 0.717) is 11.1 Å². The largest absolute Gasteiger partial charge is 0.416 e. The van der Waals surface area contributed by atoms with Crippen LogP contribution in [0.1, 0.15) is 36.6 Å². The number of aryl methyl sites for hydroxylation is 1. The molecule has 102 valence electrons. The van der Waals surface area contributed by atoms with Crippen LogP contribution in [0.15, 0.2) is 18.2 Å². The molecule has 1 aromatic rings. The maximum atomic E-state index is 12.5. The Hall–Kier alpha value is -1.07. The van der Waals surface area contributed by atoms with E-state index in [9.17, 15) is 18.3 Å². The molecule has 1 atom stereocenters. The molecule has 1 unspecified atom stereocenters. The third-order valence-electron chi connectivity index (χ3n) is 3.08. The second-order valence-corrected chi connectivity index (χ2v) is 4.78. The number of benzene rings is 1. The molecule has 0 bridgehead atoms. The molecule has 0 aliphatic rings. The highest BCUT2D eigenvalue weighted by Gasteiger charge is 2.33. The van der Waals surface area contributed by atoms with Gasteiger partial charge in [-0.15, -0.1) is 0 Å². The van der Waals surface area contributed by atoms with E-state index >= 15 is 0 Å². The third kappa shape index (κ3) is 3.03. The lowest BCUT2D eigenvalue weighted by Gasteiger charge is -2.30. The predicted molar refractivity (Wildman–Crippen MR) is 62.2 cm³/mol. The molecular weight excluding hydrogens is 245 g/mol. The van der Waals surface area contributed by atoms with E-state index in [4.69, 9.17) is 4.74 Å². The zero-order valence-electron chi connectivity index (χ0n) is 10.8. The second-order valence-electron chi connectivity index (χ2n) is 4.78. The third-order valence-corrected chi connectivity index (χ3v) is 3.08. The minimum Gasteiger partial charge on any atom is -0.385 e. The monoisotopic (exact) mass is 262 g/mol. The number of aliphatic hydroxyl groups excluding tert-OH is 1. The number of aliphatic hydroxyl groups is 1. The highest BCUT2D eigenvalue weighted by atomic mass is 19.4. The Morgan fingerprint density at radius 2 is 1.78 bits per heavy atom. The molecule has 18 heavy (non-hydrogen) atoms. The Bertz CT molecular complexity index is 425. The first kappa shape index (κ1) is 15.0. The number of ether oxygens (including phenoxy) is 1. The maximum absolute atomic E-state index is 12.5. The van der Waals surface area contributed by atoms with Crippen molar-refractivity contribution in [2.24, 2.45) is 0 Å². The van der Waals surface area contributed by atoms with Crippen LogP contribution in [0, 0.1) is 6.92 Å². The zero-order valence-corrected chi connectivity index (χ0v) is 10.8. The summed E-state index contributed by atoms with van der Waals surface area (Å²) in [5.41, 5.74) is -0.742. The quantitative estimate of drug-likeness (QED) is 0.903. The standard InChI is InChI=1S/C13H17F3O2/c1-8-7-9(13(14,15)16)5-6-10(8)11(17)12(2,3)18-4/h5-7,11,17H,1-4H3. The van der Waals surface area contributed by atoms with Gasteiger partial charge in [-0.3, -0.25) is 0 Å². The van der Waals surface area contributed by atoms with E-state index < -0.39 is 23.4 Å². The highest BCUT2D eigenvalue weighted by Crippen LogP contribution is 2.34. The SMILES string of the molecule is COC(C)(C)C(O)c1ccc(C(F)(F)F)cc1C. The molecule has 0 amide bonds. The predicted octanol–water partition coefficient (Wildman–Crippen LogP) is 3.47. The molecule has 0 spiro atoms. The van der Waals surface area contributed by atoms with Gasteiger partial charge in [0, 0.05) is 7.11 Å². The van der Waals surface area contributed by atoms with E-state index in [1.54, 1.807) is 20.8 Å². The molecule has 0 radical (unpaired) electrons. The lowest BCUT2D eigenvalue weighted by molar-refractivity contribution is -0.137. The Balaban J connectivity index is 3.14. The van der Waals surface area contributed by atoms with Gasteiger partial charge in [-0.1, -0.05) is 6.07 Å². The van der Waals surface area contributed by atoms with Crippen molar-refractivity contribution < 1.29 is 23.0 Å². The van der Waals surface area contributed by atoms with Crippen molar-refractivity contribution in [1.29, 1.82) is 0 Å². The molecule has 0 heterocycles. The highest BCUT2D eigenvalue weighted by molar-refractivity contribution is 5.35. The Labute approximate surface area is 104 Å². The van der Waals surface area contributed by atoms with Gasteiger partial charge in [0.1, 0.15) is 6.10 Å². The number of rotatable bonds is 3. The van der Waals surface area contributed by atoms with Crippen molar-refractivity contribution in [3.63, 3.8) is 0 Å². The lowest BCUT2D eigenvalue weighted by atomic mass is 9.90. The van der Waals surface area contributed by atoms with Gasteiger partial charge in [-0.25, -0.2) is 0 Å². The molecule has 5 heteroatoms. The molecule has 2 nitrogen and oxygen atoms in total. The molecule has 1 aromatic carbocycles. The normalized spacial score (nSPS) is 14.7. The van der Waals surface area contributed by atoms with E-state index in [-0.39, 0.29) is 0 Å². The minimum atomic E-state index is -4.37. The molecule has 1 N–H and O–H groups in total. The summed E-state index contributed by atoms with van der Waals surface area (Å²) in [6, 6.07) is 3.30. The fourth-order valence-corrected chi connectivity index (χ4v) is 1.64. The van der Waals surface area contributed by atoms with Crippen LogP contribution >= 0.6 is 0 Å². The fourth-order valence-electron chi connectivity index (χ4n) is 1.64. The van der Waals surface area contributed by atoms with Gasteiger partial charge < -0.3 is 9.84 Å². The molecule has 0 aliphatic carbocycles. The van der Waals surface area contributed by atoms with Crippen LogP contribution < -0.4 is 0 Å². The van der Waals surface area contributed by atoms with Crippen molar-refractivity contribution in [1.82, 2.24) is 0 Å². The van der Waals surface area contributed by atoms with Crippen molar-refractivity contribution in [2.75, 3.05) is 7.11 Å². The van der Waals surface area contributed by atoms with Crippen molar-refractivity contribution in [3.8, 4) is 0 Å². The van der Waals surface area contributed by atoms with Gasteiger partial charge in [-0.05, 0) is 44.0 Å². The first-order valence-electron chi connectivity index (χ1n) is 5.50. The average Bonchev–Trinajstić information content (AvgIpc) is 2.26. The van der Waals surface area contributed by atoms with Gasteiger partial charge in [0.15, 0.2) is 0 Å². The number of alkyl halides is 3. The molecule has 0 aliphatic heterocycles. The summed E-state index contributed by atoms with van der Waals surface area (Å²) in [5, 5.41) is 10.1. The van der Waals surface area contributed by atoms with Crippen LogP contribution in [-0.2, 0) is 10.9 Å². The van der Waals surface area contributed by atoms with Crippen LogP contribution in [0.2, 0.25) is 0 Å². The van der Waals surface area contributed by atoms with Gasteiger partial charge >= 0.3 is 6.18 Å². The van der Waals surface area contributed by atoms with Gasteiger partial charge in [-0.2, -0.15) is 13.2 Å². The number of halogens is 3. The summed E-state index contributed by atoms with van der Waals surface area (Å²) in [5.74, 6) is 0. The topological polar surface area (TPSA) is 29.5 Å². The summed E-state index contributed by atoms with van der Waals surface area (Å²) in [7, 11) is 1.45. The summed E-state index contributed by atoms with van der Waals surface area (Å²) in [6.07, 6.45) is -5.35. The van der Waals surface area contributed by atoms with Crippen LogP contribution in [0.25, 0.3) is 0 Å². The number of methoxy groups -OCH3 is 1. The van der Waals surface area contributed by atoms with Gasteiger partial charge in [0.05, 0.1) is 11.2 Å². The Kier molecular flexibility index (Phi) is 4.08. The van der Waals surface area contributed by atoms with Crippen LogP contribution in [0.5, 0.6) is 0 Å². The minimum absolute atomic E-state index is 0.391. The smallest absolute Gasteiger partial charge is 0.385 e. The van der Waals surface area contributed by atoms with Gasteiger partial charge in [0.25, 0.3) is 0 Å². The first-order chi connectivity index (χ1) is 8.09. The lowest BCUT2D eigenvalue weighted by Crippen LogP contribution is -2.32. The summed E-state index contributed by atoms with van der Waals surface area (Å²) in [4.78, 5) is 0. The fraction of sp³-hybridized carbons (Fsp3) is 0.538. The Morgan fingerprint density at radius 3 is 2.17 bits per heavy atom. The molecule has 1 rings (SSSR count). The van der Waals surface area contributed by atoms with E-state index in [1.165, 1.54) is 13.2 Å². The number of hydrogen-bond acceptors (Lipinski definition) is 2. The summed E-state index contributed by atoms with van der Waals surface area (Å²) in [6.45, 7) is 4.89. The van der Waals surface area contributed by atoms with Crippen molar-refractivity contribution in [3.05, 3.63) is 34.9 Å². The van der Waals surface area contributed by atoms with E-state index in [2.05, 4.69) is 0 Å². The van der Waals surface area contributed by atoms with E-state index in [1.807, 2.05) is 0 Å². The molecule has 0 fully saturated rings. The summed E-state index contributed by atoms with van der Waals surface area (Å²) < 4.78 is 42.7. The average molecular weight is 262 g/mol.